The molecule has 0 bridgehead atoms. The molecule has 0 N–H and O–H groups in total. The van der Waals surface area contributed by atoms with Crippen molar-refractivity contribution in [3.05, 3.63) is 102 Å². The minimum atomic E-state index is -0.162. The predicted molar refractivity (Wildman–Crippen MR) is 95.6 cm³/mol. The largest absolute Gasteiger partial charge is 0.287 e. The standard InChI is InChI=1S/C20H15N3O/c24-20(18-11-5-2-6-12-18)19(17-9-3-1-4-10-17)23-22-15-16-8-7-13-21-14-16/h1-15H/b22-15+,23-19+. The molecule has 116 valence electrons. The van der Waals surface area contributed by atoms with E-state index >= 15 is 0 Å². The van der Waals surface area contributed by atoms with Crippen molar-refractivity contribution < 1.29 is 4.79 Å². The van der Waals surface area contributed by atoms with Crippen LogP contribution in [0.4, 0.5) is 0 Å². The number of Topliss-reactive ketones (excluding diaryl/α,β-unsaturated/α-hetero) is 1. The second-order valence-electron chi connectivity index (χ2n) is 5.04. The van der Waals surface area contributed by atoms with Gasteiger partial charge in [0.1, 0.15) is 5.71 Å². The zero-order chi connectivity index (χ0) is 16.6. The lowest BCUT2D eigenvalue weighted by atomic mass is 10.0. The SMILES string of the molecule is O=C(/C(=N/N=C/c1cccnc1)c1ccccc1)c1ccccc1. The fourth-order valence-corrected chi connectivity index (χ4v) is 2.16. The molecule has 4 heteroatoms. The summed E-state index contributed by atoms with van der Waals surface area (Å²) in [6.45, 7) is 0. The van der Waals surface area contributed by atoms with Crippen LogP contribution < -0.4 is 0 Å². The summed E-state index contributed by atoms with van der Waals surface area (Å²) in [5, 5.41) is 8.24. The zero-order valence-electron chi connectivity index (χ0n) is 12.9. The van der Waals surface area contributed by atoms with Crippen LogP contribution in [0.2, 0.25) is 0 Å². The average Bonchev–Trinajstić information content (AvgIpc) is 2.67. The van der Waals surface area contributed by atoms with E-state index < -0.39 is 0 Å². The van der Waals surface area contributed by atoms with E-state index in [0.29, 0.717) is 11.3 Å². The van der Waals surface area contributed by atoms with E-state index in [4.69, 9.17) is 0 Å². The highest BCUT2D eigenvalue weighted by Crippen LogP contribution is 2.09. The molecule has 0 amide bonds. The van der Waals surface area contributed by atoms with E-state index in [0.717, 1.165) is 11.1 Å². The summed E-state index contributed by atoms with van der Waals surface area (Å²) in [6.07, 6.45) is 4.95. The van der Waals surface area contributed by atoms with Crippen LogP contribution in [0.1, 0.15) is 21.5 Å². The highest BCUT2D eigenvalue weighted by atomic mass is 16.1. The first-order valence-electron chi connectivity index (χ1n) is 7.51. The van der Waals surface area contributed by atoms with Gasteiger partial charge in [0.25, 0.3) is 0 Å². The number of hydrogen-bond donors (Lipinski definition) is 0. The molecule has 24 heavy (non-hydrogen) atoms. The van der Waals surface area contributed by atoms with Crippen LogP contribution in [0.25, 0.3) is 0 Å². The molecule has 4 nitrogen and oxygen atoms in total. The molecule has 3 aromatic rings. The Kier molecular flexibility index (Phi) is 5.00. The lowest BCUT2D eigenvalue weighted by Crippen LogP contribution is -2.15. The van der Waals surface area contributed by atoms with E-state index in [1.165, 1.54) is 0 Å². The number of ketones is 1. The molecule has 2 aromatic carbocycles. The molecule has 1 aromatic heterocycles. The number of carbonyl (C=O) groups excluding carboxylic acids is 1. The first-order chi connectivity index (χ1) is 11.8. The van der Waals surface area contributed by atoms with Crippen molar-refractivity contribution in [2.45, 2.75) is 0 Å². The summed E-state index contributed by atoms with van der Waals surface area (Å²) in [4.78, 5) is 16.8. The Morgan fingerprint density at radius 1 is 0.833 bits per heavy atom. The van der Waals surface area contributed by atoms with E-state index in [9.17, 15) is 4.79 Å². The Morgan fingerprint density at radius 3 is 2.12 bits per heavy atom. The maximum Gasteiger partial charge on any atom is 0.213 e. The van der Waals surface area contributed by atoms with Gasteiger partial charge in [-0.25, -0.2) is 0 Å². The van der Waals surface area contributed by atoms with Crippen LogP contribution in [-0.2, 0) is 0 Å². The summed E-state index contributed by atoms with van der Waals surface area (Å²) in [6, 6.07) is 22.1. The van der Waals surface area contributed by atoms with Gasteiger partial charge in [0.15, 0.2) is 0 Å². The predicted octanol–water partition coefficient (Wildman–Crippen LogP) is 3.79. The second kappa shape index (κ2) is 7.74. The molecule has 0 aliphatic heterocycles. The number of pyridine rings is 1. The number of carbonyl (C=O) groups is 1. The molecule has 0 radical (unpaired) electrons. The van der Waals surface area contributed by atoms with Crippen molar-refractivity contribution in [2.75, 3.05) is 0 Å². The highest BCUT2D eigenvalue weighted by molar-refractivity contribution is 6.51. The average molecular weight is 313 g/mol. The summed E-state index contributed by atoms with van der Waals surface area (Å²) in [5.41, 5.74) is 2.44. The van der Waals surface area contributed by atoms with Crippen molar-refractivity contribution >= 4 is 17.7 Å². The summed E-state index contributed by atoms with van der Waals surface area (Å²) < 4.78 is 0. The normalized spacial score (nSPS) is 11.6. The third-order valence-electron chi connectivity index (χ3n) is 3.35. The monoisotopic (exact) mass is 313 g/mol. The maximum atomic E-state index is 12.8. The van der Waals surface area contributed by atoms with Crippen LogP contribution in [-0.4, -0.2) is 22.7 Å². The topological polar surface area (TPSA) is 54.7 Å². The quantitative estimate of drug-likeness (QED) is 0.409. The molecular formula is C20H15N3O. The van der Waals surface area contributed by atoms with Crippen LogP contribution in [0.3, 0.4) is 0 Å². The maximum absolute atomic E-state index is 12.8. The number of rotatable bonds is 5. The first kappa shape index (κ1) is 15.5. The first-order valence-corrected chi connectivity index (χ1v) is 7.51. The lowest BCUT2D eigenvalue weighted by molar-refractivity contribution is 0.106. The van der Waals surface area contributed by atoms with Gasteiger partial charge in [-0.15, -0.1) is 5.10 Å². The number of nitrogens with zero attached hydrogens (tertiary/aromatic N) is 3. The van der Waals surface area contributed by atoms with Crippen molar-refractivity contribution in [1.29, 1.82) is 0 Å². The molecule has 0 atom stereocenters. The van der Waals surface area contributed by atoms with Gasteiger partial charge in [0.05, 0.1) is 6.21 Å². The van der Waals surface area contributed by atoms with Crippen LogP contribution in [0, 0.1) is 0 Å². The third-order valence-corrected chi connectivity index (χ3v) is 3.35. The van der Waals surface area contributed by atoms with Gasteiger partial charge in [0, 0.05) is 29.1 Å². The molecule has 0 aliphatic carbocycles. The molecule has 1 heterocycles. The van der Waals surface area contributed by atoms with Gasteiger partial charge in [-0.2, -0.15) is 5.10 Å². The van der Waals surface area contributed by atoms with Crippen LogP contribution >= 0.6 is 0 Å². The molecule has 0 saturated heterocycles. The van der Waals surface area contributed by atoms with Crippen LogP contribution in [0.15, 0.2) is 95.4 Å². The fraction of sp³-hybridized carbons (Fsp3) is 0. The Labute approximate surface area is 140 Å². The number of aromatic nitrogens is 1. The van der Waals surface area contributed by atoms with E-state index in [-0.39, 0.29) is 5.78 Å². The third kappa shape index (κ3) is 3.87. The van der Waals surface area contributed by atoms with Crippen molar-refractivity contribution in [3.8, 4) is 0 Å². The molecule has 0 saturated carbocycles. The Hall–Kier alpha value is -3.40. The Morgan fingerprint density at radius 2 is 1.50 bits per heavy atom. The van der Waals surface area contributed by atoms with Gasteiger partial charge in [-0.3, -0.25) is 9.78 Å². The van der Waals surface area contributed by atoms with Gasteiger partial charge in [-0.05, 0) is 6.07 Å². The summed E-state index contributed by atoms with van der Waals surface area (Å²) in [7, 11) is 0. The molecular weight excluding hydrogens is 298 g/mol. The fourth-order valence-electron chi connectivity index (χ4n) is 2.16. The van der Waals surface area contributed by atoms with Crippen molar-refractivity contribution in [2.24, 2.45) is 10.2 Å². The lowest BCUT2D eigenvalue weighted by Gasteiger charge is -2.04. The molecule has 0 unspecified atom stereocenters. The second-order valence-corrected chi connectivity index (χ2v) is 5.04. The van der Waals surface area contributed by atoms with Gasteiger partial charge in [-0.1, -0.05) is 66.7 Å². The van der Waals surface area contributed by atoms with Gasteiger partial charge < -0.3 is 0 Å². The summed E-state index contributed by atoms with van der Waals surface area (Å²) >= 11 is 0. The smallest absolute Gasteiger partial charge is 0.213 e. The van der Waals surface area contributed by atoms with E-state index in [2.05, 4.69) is 15.2 Å². The van der Waals surface area contributed by atoms with E-state index in [1.54, 1.807) is 30.7 Å². The Balaban J connectivity index is 1.95. The van der Waals surface area contributed by atoms with Crippen molar-refractivity contribution in [3.63, 3.8) is 0 Å². The Bertz CT molecular complexity index is 857. The minimum absolute atomic E-state index is 0.162. The zero-order valence-corrected chi connectivity index (χ0v) is 12.9. The van der Waals surface area contributed by atoms with E-state index in [1.807, 2.05) is 60.7 Å². The minimum Gasteiger partial charge on any atom is -0.287 e. The van der Waals surface area contributed by atoms with Crippen LogP contribution in [0.5, 0.6) is 0 Å². The molecule has 0 spiro atoms. The molecule has 3 rings (SSSR count). The van der Waals surface area contributed by atoms with Gasteiger partial charge >= 0.3 is 0 Å². The number of hydrogen-bond acceptors (Lipinski definition) is 4. The van der Waals surface area contributed by atoms with Crippen molar-refractivity contribution in [1.82, 2.24) is 4.98 Å². The summed E-state index contributed by atoms with van der Waals surface area (Å²) in [5.74, 6) is -0.162. The molecule has 0 aliphatic rings. The highest BCUT2D eigenvalue weighted by Gasteiger charge is 2.15. The number of benzene rings is 2. The molecule has 0 fully saturated rings. The van der Waals surface area contributed by atoms with Gasteiger partial charge in [0.2, 0.25) is 5.78 Å².